The molecule has 0 fully saturated rings. The molecule has 0 aromatic heterocycles. The van der Waals surface area contributed by atoms with Gasteiger partial charge in [-0.15, -0.1) is 0 Å². The van der Waals surface area contributed by atoms with Crippen LogP contribution in [0.4, 0.5) is 22.0 Å². The summed E-state index contributed by atoms with van der Waals surface area (Å²) in [6.07, 6.45) is -5.93. The summed E-state index contributed by atoms with van der Waals surface area (Å²) < 4.78 is 87.8. The average molecular weight is 332 g/mol. The van der Waals surface area contributed by atoms with Crippen molar-refractivity contribution in [2.75, 3.05) is 13.6 Å². The van der Waals surface area contributed by atoms with E-state index < -0.39 is 57.8 Å². The smallest absolute Gasteiger partial charge is 0.326 e. The molecule has 0 atom stereocenters. The maximum atomic E-state index is 13.9. The highest BCUT2D eigenvalue weighted by atomic mass is 32.2. The molecule has 2 N–H and O–H groups in total. The summed E-state index contributed by atoms with van der Waals surface area (Å²) in [5.41, 5.74) is 4.48. The number of alkyl halides is 3. The number of benzene rings is 1. The summed E-state index contributed by atoms with van der Waals surface area (Å²) in [7, 11) is -3.62. The van der Waals surface area contributed by atoms with E-state index in [1.54, 1.807) is 0 Å². The van der Waals surface area contributed by atoms with Crippen LogP contribution in [0.2, 0.25) is 0 Å². The Labute approximate surface area is 118 Å². The molecule has 0 aliphatic rings. The Morgan fingerprint density at radius 2 is 1.81 bits per heavy atom. The average Bonchev–Trinajstić information content (AvgIpc) is 2.35. The number of hydrogen-bond donors (Lipinski definition) is 1. The monoisotopic (exact) mass is 332 g/mol. The number of sulfonamides is 1. The Morgan fingerprint density at radius 3 is 2.29 bits per heavy atom. The molecular formula is C11H13F5N2O2S. The van der Waals surface area contributed by atoms with Gasteiger partial charge in [-0.1, -0.05) is 0 Å². The number of nitrogens with zero attached hydrogens (tertiary/aromatic N) is 1. The third-order valence-corrected chi connectivity index (χ3v) is 4.63. The molecule has 0 spiro atoms. The zero-order valence-electron chi connectivity index (χ0n) is 10.9. The van der Waals surface area contributed by atoms with E-state index in [-0.39, 0.29) is 0 Å². The molecule has 10 heteroatoms. The lowest BCUT2D eigenvalue weighted by Crippen LogP contribution is -2.31. The lowest BCUT2D eigenvalue weighted by Gasteiger charge is -2.19. The van der Waals surface area contributed by atoms with Crippen molar-refractivity contribution in [2.45, 2.75) is 24.0 Å². The largest absolute Gasteiger partial charge is 0.390 e. The summed E-state index contributed by atoms with van der Waals surface area (Å²) >= 11 is 0. The third kappa shape index (κ3) is 4.11. The Bertz CT molecular complexity index is 616. The fourth-order valence-corrected chi connectivity index (χ4v) is 2.79. The first-order valence-corrected chi connectivity index (χ1v) is 7.14. The minimum absolute atomic E-state index is 0.358. The van der Waals surface area contributed by atoms with Gasteiger partial charge in [0.15, 0.2) is 5.82 Å². The molecule has 0 amide bonds. The van der Waals surface area contributed by atoms with Crippen molar-refractivity contribution >= 4 is 10.0 Å². The molecule has 0 bridgehead atoms. The van der Waals surface area contributed by atoms with E-state index in [0.29, 0.717) is 16.4 Å². The highest BCUT2D eigenvalue weighted by molar-refractivity contribution is 7.89. The molecule has 0 heterocycles. The van der Waals surface area contributed by atoms with E-state index in [1.165, 1.54) is 0 Å². The first-order valence-electron chi connectivity index (χ1n) is 5.70. The van der Waals surface area contributed by atoms with Gasteiger partial charge < -0.3 is 5.73 Å². The van der Waals surface area contributed by atoms with Crippen molar-refractivity contribution in [3.63, 3.8) is 0 Å². The number of rotatable bonds is 5. The van der Waals surface area contributed by atoms with Crippen molar-refractivity contribution in [3.8, 4) is 0 Å². The normalized spacial score (nSPS) is 13.0. The van der Waals surface area contributed by atoms with E-state index in [9.17, 15) is 30.4 Å². The molecule has 4 nitrogen and oxygen atoms in total. The SMILES string of the molecule is CN(CCC(F)(F)F)S(=O)(=O)c1ccc(F)c(CN)c1F. The van der Waals surface area contributed by atoms with Gasteiger partial charge in [0.2, 0.25) is 10.0 Å². The molecule has 0 saturated heterocycles. The second-order valence-corrected chi connectivity index (χ2v) is 6.25. The van der Waals surface area contributed by atoms with Gasteiger partial charge in [0.25, 0.3) is 0 Å². The van der Waals surface area contributed by atoms with Crippen LogP contribution >= 0.6 is 0 Å². The number of hydrogen-bond acceptors (Lipinski definition) is 3. The molecule has 1 rings (SSSR count). The zero-order chi connectivity index (χ0) is 16.4. The fraction of sp³-hybridized carbons (Fsp3) is 0.455. The van der Waals surface area contributed by atoms with E-state index in [2.05, 4.69) is 0 Å². The van der Waals surface area contributed by atoms with E-state index >= 15 is 0 Å². The van der Waals surface area contributed by atoms with Gasteiger partial charge >= 0.3 is 6.18 Å². The molecule has 120 valence electrons. The molecule has 1 aromatic carbocycles. The predicted molar refractivity (Wildman–Crippen MR) is 64.7 cm³/mol. The molecule has 0 aliphatic heterocycles. The van der Waals surface area contributed by atoms with Crippen molar-refractivity contribution in [1.29, 1.82) is 0 Å². The van der Waals surface area contributed by atoms with Gasteiger partial charge in [0.05, 0.1) is 6.42 Å². The minimum atomic E-state index is -4.55. The Balaban J connectivity index is 3.14. The lowest BCUT2D eigenvalue weighted by atomic mass is 10.2. The Hall–Kier alpha value is -1.26. The summed E-state index contributed by atoms with van der Waals surface area (Å²) in [4.78, 5) is -0.908. The standard InChI is InChI=1S/C11H13F5N2O2S/c1-18(5-4-11(14,15)16)21(19,20)9-3-2-8(12)7(6-17)10(9)13/h2-3H,4-6,17H2,1H3. The van der Waals surface area contributed by atoms with Gasteiger partial charge in [0, 0.05) is 25.7 Å². The Morgan fingerprint density at radius 1 is 1.24 bits per heavy atom. The van der Waals surface area contributed by atoms with Crippen LogP contribution in [0, 0.1) is 11.6 Å². The van der Waals surface area contributed by atoms with Gasteiger partial charge in [-0.2, -0.15) is 13.2 Å². The maximum absolute atomic E-state index is 13.9. The zero-order valence-corrected chi connectivity index (χ0v) is 11.7. The van der Waals surface area contributed by atoms with Gasteiger partial charge in [-0.3, -0.25) is 0 Å². The lowest BCUT2D eigenvalue weighted by molar-refractivity contribution is -0.135. The van der Waals surface area contributed by atoms with Crippen LogP contribution in [0.3, 0.4) is 0 Å². The van der Waals surface area contributed by atoms with E-state index in [4.69, 9.17) is 5.73 Å². The molecule has 0 radical (unpaired) electrons. The van der Waals surface area contributed by atoms with Gasteiger partial charge in [-0.05, 0) is 12.1 Å². The highest BCUT2D eigenvalue weighted by Gasteiger charge is 2.32. The van der Waals surface area contributed by atoms with Crippen molar-refractivity contribution < 1.29 is 30.4 Å². The van der Waals surface area contributed by atoms with Crippen LogP contribution in [-0.4, -0.2) is 32.5 Å². The molecule has 0 aliphatic carbocycles. The van der Waals surface area contributed by atoms with E-state index in [1.807, 2.05) is 0 Å². The van der Waals surface area contributed by atoms with Crippen LogP contribution in [0.25, 0.3) is 0 Å². The first kappa shape index (κ1) is 17.8. The van der Waals surface area contributed by atoms with Crippen molar-refractivity contribution in [2.24, 2.45) is 5.73 Å². The van der Waals surface area contributed by atoms with Crippen LogP contribution in [0.1, 0.15) is 12.0 Å². The van der Waals surface area contributed by atoms with Crippen LogP contribution in [-0.2, 0) is 16.6 Å². The van der Waals surface area contributed by atoms with Gasteiger partial charge in [-0.25, -0.2) is 21.5 Å². The Kier molecular flexibility index (Phi) is 5.29. The summed E-state index contributed by atoms with van der Waals surface area (Å²) in [6, 6.07) is 1.36. The third-order valence-electron chi connectivity index (χ3n) is 2.75. The summed E-state index contributed by atoms with van der Waals surface area (Å²) in [5, 5.41) is 0. The molecule has 0 saturated carbocycles. The second-order valence-electron chi connectivity index (χ2n) is 4.23. The van der Waals surface area contributed by atoms with E-state index in [0.717, 1.165) is 7.05 Å². The summed E-state index contributed by atoms with van der Waals surface area (Å²) in [5.74, 6) is -2.41. The summed E-state index contributed by atoms with van der Waals surface area (Å²) in [6.45, 7) is -1.45. The quantitative estimate of drug-likeness (QED) is 0.839. The molecule has 0 unspecified atom stereocenters. The second kappa shape index (κ2) is 6.24. The van der Waals surface area contributed by atoms with Crippen molar-refractivity contribution in [1.82, 2.24) is 4.31 Å². The van der Waals surface area contributed by atoms with Crippen molar-refractivity contribution in [3.05, 3.63) is 29.3 Å². The topological polar surface area (TPSA) is 63.4 Å². The predicted octanol–water partition coefficient (Wildman–Crippen LogP) is 2.00. The first-order chi connectivity index (χ1) is 9.50. The minimum Gasteiger partial charge on any atom is -0.326 e. The number of nitrogens with two attached hydrogens (primary N) is 1. The van der Waals surface area contributed by atoms with Crippen LogP contribution in [0.5, 0.6) is 0 Å². The highest BCUT2D eigenvalue weighted by Crippen LogP contribution is 2.25. The molecule has 21 heavy (non-hydrogen) atoms. The fourth-order valence-electron chi connectivity index (χ4n) is 1.53. The molecule has 1 aromatic rings. The number of halogens is 5. The van der Waals surface area contributed by atoms with Gasteiger partial charge in [0.1, 0.15) is 10.7 Å². The maximum Gasteiger partial charge on any atom is 0.390 e. The molecular weight excluding hydrogens is 319 g/mol. The van der Waals surface area contributed by atoms with Crippen LogP contribution < -0.4 is 5.73 Å². The van der Waals surface area contributed by atoms with Crippen LogP contribution in [0.15, 0.2) is 17.0 Å².